The molecule has 0 heterocycles. The Morgan fingerprint density at radius 2 is 2.08 bits per heavy atom. The fourth-order valence-electron chi connectivity index (χ4n) is 0.535. The Morgan fingerprint density at radius 3 is 2.08 bits per heavy atom. The minimum absolute atomic E-state index is 0.551. The van der Waals surface area contributed by atoms with Gasteiger partial charge >= 0.3 is 8.61 Å². The lowest BCUT2D eigenvalue weighted by atomic mass is 10.4. The molecule has 0 saturated carbocycles. The molecule has 0 rings (SSSR count). The second-order valence-electron chi connectivity index (χ2n) is 2.46. The molecule has 0 aromatic rings. The Kier molecular flexibility index (Phi) is 12.0. The van der Waals surface area contributed by atoms with Gasteiger partial charge in [-0.3, -0.25) is 10.4 Å². The van der Waals surface area contributed by atoms with E-state index in [4.69, 9.17) is 10.1 Å². The summed E-state index contributed by atoms with van der Waals surface area (Å²) in [6.07, 6.45) is 0. The van der Waals surface area contributed by atoms with Crippen molar-refractivity contribution >= 4 is 8.61 Å². The van der Waals surface area contributed by atoms with E-state index in [1.54, 1.807) is 0 Å². The standard InChI is InChI=1S/C5H14N2.N3OP/c1-5(2)6-7(3)4;1-2-3-5-4/h5-6H,1-4H3;/p+1. The van der Waals surface area contributed by atoms with Crippen molar-refractivity contribution in [3.05, 3.63) is 10.4 Å². The number of hydrogen-bond acceptors (Lipinski definition) is 3. The van der Waals surface area contributed by atoms with Gasteiger partial charge in [0.05, 0.1) is 0 Å². The first-order chi connectivity index (χ1) is 5.54. The van der Waals surface area contributed by atoms with E-state index in [1.807, 2.05) is 19.1 Å². The van der Waals surface area contributed by atoms with Crippen molar-refractivity contribution in [1.82, 2.24) is 10.4 Å². The van der Waals surface area contributed by atoms with Gasteiger partial charge in [-0.2, -0.15) is 0 Å². The first-order valence-electron chi connectivity index (χ1n) is 3.39. The van der Waals surface area contributed by atoms with Gasteiger partial charge in [0.1, 0.15) is 0 Å². The van der Waals surface area contributed by atoms with E-state index in [1.165, 1.54) is 0 Å². The number of nitrogens with one attached hydrogen (secondary N) is 1. The third kappa shape index (κ3) is 22.8. The highest BCUT2D eigenvalue weighted by atomic mass is 31.1. The number of nitrogens with zero attached hydrogens (tertiary/aromatic N) is 4. The molecule has 0 amide bonds. The van der Waals surface area contributed by atoms with Gasteiger partial charge in [0.2, 0.25) is 0 Å². The quantitative estimate of drug-likeness (QED) is 0.243. The van der Waals surface area contributed by atoms with Crippen LogP contribution < -0.4 is 5.43 Å². The van der Waals surface area contributed by atoms with Crippen molar-refractivity contribution in [3.63, 3.8) is 0 Å². The molecule has 6 nitrogen and oxygen atoms in total. The number of hydrogen-bond donors (Lipinski definition) is 1. The Hall–Kier alpha value is -0.670. The molecule has 12 heavy (non-hydrogen) atoms. The number of hydrazine groups is 1. The normalized spacial score (nSPS) is 9.17. The van der Waals surface area contributed by atoms with Crippen molar-refractivity contribution in [3.8, 4) is 0 Å². The Bertz CT molecular complexity index is 148. The molecule has 7 heteroatoms. The smallest absolute Gasteiger partial charge is 0.253 e. The lowest BCUT2D eigenvalue weighted by Gasteiger charge is -2.14. The first kappa shape index (κ1) is 13.9. The Balaban J connectivity index is 0. The molecule has 0 radical (unpaired) electrons. The zero-order chi connectivity index (χ0) is 9.98. The fourth-order valence-corrected chi connectivity index (χ4v) is 0.571. The van der Waals surface area contributed by atoms with Crippen molar-refractivity contribution < 1.29 is 4.57 Å². The molecule has 1 atom stereocenters. The number of rotatable bonds is 3. The van der Waals surface area contributed by atoms with Gasteiger partial charge in [-0.1, -0.05) is 4.57 Å². The van der Waals surface area contributed by atoms with Crippen molar-refractivity contribution in [2.75, 3.05) is 14.1 Å². The number of azide groups is 1. The van der Waals surface area contributed by atoms with E-state index in [0.717, 1.165) is 0 Å². The van der Waals surface area contributed by atoms with E-state index in [-0.39, 0.29) is 0 Å². The van der Waals surface area contributed by atoms with Gasteiger partial charge in [-0.25, -0.2) is 0 Å². The highest BCUT2D eigenvalue weighted by molar-refractivity contribution is 7.21. The van der Waals surface area contributed by atoms with E-state index in [9.17, 15) is 0 Å². The van der Waals surface area contributed by atoms with Gasteiger partial charge in [0, 0.05) is 30.6 Å². The second-order valence-corrected chi connectivity index (χ2v) is 2.84. The highest BCUT2D eigenvalue weighted by Gasteiger charge is 1.89. The maximum atomic E-state index is 9.14. The van der Waals surface area contributed by atoms with Gasteiger partial charge < -0.3 is 0 Å². The predicted molar refractivity (Wildman–Crippen MR) is 50.1 cm³/mol. The van der Waals surface area contributed by atoms with Gasteiger partial charge in [-0.15, -0.1) is 0 Å². The maximum absolute atomic E-state index is 9.14. The van der Waals surface area contributed by atoms with E-state index < -0.39 is 8.61 Å². The van der Waals surface area contributed by atoms with Gasteiger partial charge in [-0.05, 0) is 13.8 Å². The molecule has 0 aromatic carbocycles. The van der Waals surface area contributed by atoms with Crippen LogP contribution in [0.25, 0.3) is 10.4 Å². The highest BCUT2D eigenvalue weighted by Crippen LogP contribution is 1.88. The van der Waals surface area contributed by atoms with E-state index in [2.05, 4.69) is 29.1 Å². The zero-order valence-corrected chi connectivity index (χ0v) is 8.77. The molecular weight excluding hydrogens is 177 g/mol. The van der Waals surface area contributed by atoms with Crippen LogP contribution in [0.5, 0.6) is 0 Å². The van der Waals surface area contributed by atoms with Crippen molar-refractivity contribution in [2.45, 2.75) is 19.9 Å². The van der Waals surface area contributed by atoms with Crippen LogP contribution in [0, 0.1) is 0 Å². The summed E-state index contributed by atoms with van der Waals surface area (Å²) in [6.45, 7) is 4.22. The average Bonchev–Trinajstić information content (AvgIpc) is 1.87. The molecule has 0 spiro atoms. The van der Waals surface area contributed by atoms with Crippen LogP contribution in [0.2, 0.25) is 0 Å². The molecule has 0 aromatic heterocycles. The third-order valence-corrected chi connectivity index (χ3v) is 0.773. The zero-order valence-electron chi connectivity index (χ0n) is 7.77. The third-order valence-electron chi connectivity index (χ3n) is 0.602. The molecular formula is C5H15N5OP+. The van der Waals surface area contributed by atoms with Crippen LogP contribution in [0.3, 0.4) is 0 Å². The monoisotopic (exact) mass is 192 g/mol. The first-order valence-corrected chi connectivity index (χ1v) is 4.24. The minimum Gasteiger partial charge on any atom is -0.253 e. The summed E-state index contributed by atoms with van der Waals surface area (Å²) in [4.78, 5) is 4.80. The molecule has 1 unspecified atom stereocenters. The molecule has 0 saturated heterocycles. The fraction of sp³-hybridized carbons (Fsp3) is 1.00. The summed E-state index contributed by atoms with van der Waals surface area (Å²) >= 11 is 0. The summed E-state index contributed by atoms with van der Waals surface area (Å²) in [5.41, 5.74) is 10.5. The van der Waals surface area contributed by atoms with E-state index >= 15 is 0 Å². The van der Waals surface area contributed by atoms with Crippen LogP contribution in [-0.2, 0) is 4.57 Å². The summed E-state index contributed by atoms with van der Waals surface area (Å²) in [5, 5.41) is 1.95. The average molecular weight is 192 g/mol. The molecule has 0 bridgehead atoms. The largest absolute Gasteiger partial charge is 0.448 e. The molecule has 0 aliphatic carbocycles. The van der Waals surface area contributed by atoms with Crippen LogP contribution in [0.4, 0.5) is 0 Å². The van der Waals surface area contributed by atoms with E-state index in [0.29, 0.717) is 6.04 Å². The summed E-state index contributed by atoms with van der Waals surface area (Å²) in [6, 6.07) is 0.551. The molecule has 0 aliphatic heterocycles. The Labute approximate surface area is 73.8 Å². The van der Waals surface area contributed by atoms with Crippen molar-refractivity contribution in [1.29, 1.82) is 0 Å². The summed E-state index contributed by atoms with van der Waals surface area (Å²) < 4.78 is 9.14. The van der Waals surface area contributed by atoms with Crippen molar-refractivity contribution in [2.24, 2.45) is 4.88 Å². The second kappa shape index (κ2) is 10.3. The molecule has 70 valence electrons. The van der Waals surface area contributed by atoms with Crippen LogP contribution in [0.1, 0.15) is 13.8 Å². The Morgan fingerprint density at radius 1 is 1.58 bits per heavy atom. The lowest BCUT2D eigenvalue weighted by Crippen LogP contribution is -2.35. The van der Waals surface area contributed by atoms with Crippen LogP contribution >= 0.6 is 8.61 Å². The summed E-state index contributed by atoms with van der Waals surface area (Å²) in [7, 11) is 3.09. The van der Waals surface area contributed by atoms with Crippen LogP contribution in [-0.4, -0.2) is 25.1 Å². The molecule has 1 N–H and O–H groups in total. The maximum Gasteiger partial charge on any atom is 0.448 e. The van der Waals surface area contributed by atoms with Gasteiger partial charge in [0.15, 0.2) is 4.88 Å². The summed E-state index contributed by atoms with van der Waals surface area (Å²) in [5.74, 6) is 0. The SMILES string of the molecule is CC(C)NN(C)C.[N-]=[N+]=N[PH+]=O. The minimum atomic E-state index is -0.884. The van der Waals surface area contributed by atoms with Gasteiger partial charge in [0.25, 0.3) is 0 Å². The van der Waals surface area contributed by atoms with Crippen LogP contribution in [0.15, 0.2) is 4.88 Å². The lowest BCUT2D eigenvalue weighted by molar-refractivity contribution is 0.259. The molecule has 0 aliphatic rings. The molecule has 0 fully saturated rings. The predicted octanol–water partition coefficient (Wildman–Crippen LogP) is 1.70. The topological polar surface area (TPSA) is 81.1 Å².